The molecule has 2 aromatic rings. The van der Waals surface area contributed by atoms with Crippen molar-refractivity contribution < 1.29 is 9.21 Å². The van der Waals surface area contributed by atoms with E-state index >= 15 is 0 Å². The predicted octanol–water partition coefficient (Wildman–Crippen LogP) is 3.07. The molecule has 0 saturated heterocycles. The first-order valence-corrected chi connectivity index (χ1v) is 6.81. The minimum Gasteiger partial charge on any atom is -0.422 e. The molecule has 4 heteroatoms. The summed E-state index contributed by atoms with van der Waals surface area (Å²) in [5.74, 6) is 0. The molecule has 0 saturated carbocycles. The minimum absolute atomic E-state index is 0.101. The number of hydrogen-bond donors (Lipinski definition) is 0. The van der Waals surface area contributed by atoms with E-state index in [0.717, 1.165) is 29.6 Å². The zero-order valence-corrected chi connectivity index (χ0v) is 12.3. The molecule has 0 N–H and O–H groups in total. The lowest BCUT2D eigenvalue weighted by Crippen LogP contribution is -2.26. The van der Waals surface area contributed by atoms with E-state index in [-0.39, 0.29) is 5.56 Å². The van der Waals surface area contributed by atoms with Crippen LogP contribution >= 0.6 is 0 Å². The van der Waals surface area contributed by atoms with E-state index in [0.29, 0.717) is 17.6 Å². The topological polar surface area (TPSA) is 50.5 Å². The number of nitrogens with zero attached hydrogens (tertiary/aromatic N) is 1. The Balaban J connectivity index is 2.95. The Morgan fingerprint density at radius 1 is 1.15 bits per heavy atom. The molecule has 0 radical (unpaired) electrons. The third-order valence-electron chi connectivity index (χ3n) is 3.73. The van der Waals surface area contributed by atoms with Crippen molar-refractivity contribution in [1.29, 1.82) is 0 Å². The summed E-state index contributed by atoms with van der Waals surface area (Å²) in [4.78, 5) is 25.3. The highest BCUT2D eigenvalue weighted by Crippen LogP contribution is 2.30. The molecule has 1 heterocycles. The molecule has 0 fully saturated rings. The molecule has 0 spiro atoms. The molecular formula is C16H19NO3. The lowest BCUT2D eigenvalue weighted by atomic mass is 10.0. The Morgan fingerprint density at radius 3 is 2.30 bits per heavy atom. The van der Waals surface area contributed by atoms with Gasteiger partial charge in [-0.3, -0.25) is 4.79 Å². The highest BCUT2D eigenvalue weighted by molar-refractivity contribution is 6.00. The van der Waals surface area contributed by atoms with Gasteiger partial charge < -0.3 is 9.32 Å². The van der Waals surface area contributed by atoms with Crippen LogP contribution < -0.4 is 10.5 Å². The van der Waals surface area contributed by atoms with Crippen LogP contribution in [0.15, 0.2) is 21.3 Å². The number of hydrogen-bond acceptors (Lipinski definition) is 4. The summed E-state index contributed by atoms with van der Waals surface area (Å²) >= 11 is 0. The summed E-state index contributed by atoms with van der Waals surface area (Å²) in [5, 5.41) is 0.818. The van der Waals surface area contributed by atoms with Crippen LogP contribution in [0.2, 0.25) is 0 Å². The van der Waals surface area contributed by atoms with E-state index in [2.05, 4.69) is 0 Å². The molecule has 0 atom stereocenters. The molecular weight excluding hydrogens is 254 g/mol. The van der Waals surface area contributed by atoms with Gasteiger partial charge in [0.2, 0.25) is 0 Å². The van der Waals surface area contributed by atoms with E-state index < -0.39 is 5.63 Å². The van der Waals surface area contributed by atoms with Gasteiger partial charge in [-0.05, 0) is 51.0 Å². The van der Waals surface area contributed by atoms with Crippen molar-refractivity contribution in [3.63, 3.8) is 0 Å². The molecule has 0 amide bonds. The third-order valence-corrected chi connectivity index (χ3v) is 3.73. The number of carbonyl (C=O) groups excluding carboxylic acids is 1. The summed E-state index contributed by atoms with van der Waals surface area (Å²) < 4.78 is 5.29. The van der Waals surface area contributed by atoms with Gasteiger partial charge in [0, 0.05) is 18.5 Å². The van der Waals surface area contributed by atoms with Gasteiger partial charge in [0.05, 0.1) is 5.69 Å². The fourth-order valence-electron chi connectivity index (χ4n) is 2.44. The molecule has 0 aliphatic heterocycles. The Morgan fingerprint density at radius 2 is 1.75 bits per heavy atom. The van der Waals surface area contributed by atoms with Crippen LogP contribution in [0.3, 0.4) is 0 Å². The van der Waals surface area contributed by atoms with Crippen LogP contribution in [-0.4, -0.2) is 19.4 Å². The third kappa shape index (κ3) is 2.22. The number of aldehydes is 1. The van der Waals surface area contributed by atoms with Gasteiger partial charge in [0.15, 0.2) is 6.29 Å². The van der Waals surface area contributed by atoms with Crippen molar-refractivity contribution >= 4 is 22.9 Å². The smallest absolute Gasteiger partial charge is 0.349 e. The highest BCUT2D eigenvalue weighted by atomic mass is 16.4. The lowest BCUT2D eigenvalue weighted by molar-refractivity contribution is 0.112. The maximum atomic E-state index is 12.0. The quantitative estimate of drug-likeness (QED) is 0.634. The molecule has 0 bridgehead atoms. The fourth-order valence-corrected chi connectivity index (χ4v) is 2.44. The van der Waals surface area contributed by atoms with Gasteiger partial charge in [-0.15, -0.1) is 0 Å². The van der Waals surface area contributed by atoms with E-state index in [4.69, 9.17) is 4.42 Å². The molecule has 0 aliphatic carbocycles. The molecule has 1 aromatic heterocycles. The van der Waals surface area contributed by atoms with Crippen molar-refractivity contribution in [1.82, 2.24) is 0 Å². The number of rotatable bonds is 4. The molecule has 0 unspecified atom stereocenters. The number of aryl methyl sites for hydroxylation is 2. The molecule has 106 valence electrons. The molecule has 1 aromatic carbocycles. The summed E-state index contributed by atoms with van der Waals surface area (Å²) in [5.41, 5.74) is 2.91. The first-order valence-electron chi connectivity index (χ1n) is 6.81. The van der Waals surface area contributed by atoms with Crippen molar-refractivity contribution in [2.75, 3.05) is 18.0 Å². The SMILES string of the molecule is CCN(CC)c1c(C=O)c(=O)oc2cc(C)c(C)cc12. The second kappa shape index (κ2) is 5.49. The number of carbonyl (C=O) groups is 1. The summed E-state index contributed by atoms with van der Waals surface area (Å²) in [6.45, 7) is 9.43. The van der Waals surface area contributed by atoms with Gasteiger partial charge >= 0.3 is 5.63 Å². The Bertz CT molecular complexity index is 712. The second-order valence-corrected chi connectivity index (χ2v) is 4.87. The Labute approximate surface area is 118 Å². The van der Waals surface area contributed by atoms with Crippen LogP contribution in [0, 0.1) is 13.8 Å². The van der Waals surface area contributed by atoms with E-state index in [1.807, 2.05) is 44.7 Å². The lowest BCUT2D eigenvalue weighted by Gasteiger charge is -2.23. The largest absolute Gasteiger partial charge is 0.422 e. The number of anilines is 1. The van der Waals surface area contributed by atoms with E-state index in [1.165, 1.54) is 0 Å². The van der Waals surface area contributed by atoms with Crippen LogP contribution in [0.5, 0.6) is 0 Å². The van der Waals surface area contributed by atoms with Gasteiger partial charge in [-0.25, -0.2) is 4.79 Å². The van der Waals surface area contributed by atoms with E-state index in [9.17, 15) is 9.59 Å². The van der Waals surface area contributed by atoms with Crippen molar-refractivity contribution in [2.24, 2.45) is 0 Å². The van der Waals surface area contributed by atoms with E-state index in [1.54, 1.807) is 0 Å². The predicted molar refractivity (Wildman–Crippen MR) is 80.9 cm³/mol. The normalized spacial score (nSPS) is 10.8. The molecule has 2 rings (SSSR count). The van der Waals surface area contributed by atoms with Gasteiger partial charge in [0.1, 0.15) is 11.1 Å². The Hall–Kier alpha value is -2.10. The van der Waals surface area contributed by atoms with Crippen molar-refractivity contribution in [2.45, 2.75) is 27.7 Å². The average molecular weight is 273 g/mol. The zero-order valence-electron chi connectivity index (χ0n) is 12.3. The summed E-state index contributed by atoms with van der Waals surface area (Å²) in [6.07, 6.45) is 0.591. The van der Waals surface area contributed by atoms with Crippen molar-refractivity contribution in [3.8, 4) is 0 Å². The van der Waals surface area contributed by atoms with Gasteiger partial charge in [0.25, 0.3) is 0 Å². The monoisotopic (exact) mass is 273 g/mol. The average Bonchev–Trinajstić information content (AvgIpc) is 2.42. The standard InChI is InChI=1S/C16H19NO3/c1-5-17(6-2)15-12-7-10(3)11(4)8-14(12)20-16(19)13(15)9-18/h7-9H,5-6H2,1-4H3. The first kappa shape index (κ1) is 14.3. The number of benzene rings is 1. The fraction of sp³-hybridized carbons (Fsp3) is 0.375. The summed E-state index contributed by atoms with van der Waals surface area (Å²) in [6, 6.07) is 3.84. The van der Waals surface area contributed by atoms with Crippen LogP contribution in [-0.2, 0) is 0 Å². The van der Waals surface area contributed by atoms with Crippen LogP contribution in [0.25, 0.3) is 11.0 Å². The van der Waals surface area contributed by atoms with Crippen molar-refractivity contribution in [3.05, 3.63) is 39.2 Å². The first-order chi connectivity index (χ1) is 9.53. The maximum absolute atomic E-state index is 12.0. The highest BCUT2D eigenvalue weighted by Gasteiger charge is 2.18. The van der Waals surface area contributed by atoms with Crippen LogP contribution in [0.1, 0.15) is 35.3 Å². The molecule has 0 aliphatic rings. The minimum atomic E-state index is -0.572. The molecule has 4 nitrogen and oxygen atoms in total. The van der Waals surface area contributed by atoms with Gasteiger partial charge in [-0.1, -0.05) is 0 Å². The Kier molecular flexibility index (Phi) is 3.93. The maximum Gasteiger partial charge on any atom is 0.349 e. The van der Waals surface area contributed by atoms with Crippen LogP contribution in [0.4, 0.5) is 5.69 Å². The molecule has 20 heavy (non-hydrogen) atoms. The second-order valence-electron chi connectivity index (χ2n) is 4.87. The van der Waals surface area contributed by atoms with Gasteiger partial charge in [-0.2, -0.15) is 0 Å². The summed E-state index contributed by atoms with van der Waals surface area (Å²) in [7, 11) is 0. The number of fused-ring (bicyclic) bond motifs is 1. The zero-order chi connectivity index (χ0) is 14.9.